The van der Waals surface area contributed by atoms with Crippen molar-refractivity contribution in [3.63, 3.8) is 0 Å². The number of aliphatic carboxylic acids is 1. The third kappa shape index (κ3) is 6.13. The first-order chi connectivity index (χ1) is 17.0. The summed E-state index contributed by atoms with van der Waals surface area (Å²) < 4.78 is 16.2. The number of nitrogens with two attached hydrogens (primary N) is 1. The fourth-order valence-corrected chi connectivity index (χ4v) is 3.36. The average molecular weight is 494 g/mol. The van der Waals surface area contributed by atoms with Crippen LogP contribution in [-0.4, -0.2) is 41.0 Å². The van der Waals surface area contributed by atoms with Gasteiger partial charge in [-0.2, -0.15) is 0 Å². The summed E-state index contributed by atoms with van der Waals surface area (Å²) in [5.74, 6) is 0.213. The van der Waals surface area contributed by atoms with Crippen LogP contribution in [0.15, 0.2) is 75.9 Å². The second-order valence-corrected chi connectivity index (χ2v) is 8.29. The summed E-state index contributed by atoms with van der Waals surface area (Å²) in [4.78, 5) is 22.9. The van der Waals surface area contributed by atoms with E-state index in [4.69, 9.17) is 29.8 Å². The predicted octanol–water partition coefficient (Wildman–Crippen LogP) is 3.92. The molecule has 0 spiro atoms. The number of hydrogen-bond donors (Lipinski definition) is 4. The highest BCUT2D eigenvalue weighted by molar-refractivity contribution is 5.80. The van der Waals surface area contributed by atoms with Crippen LogP contribution < -0.4 is 20.6 Å². The van der Waals surface area contributed by atoms with E-state index in [1.165, 1.54) is 31.2 Å². The quantitative estimate of drug-likeness (QED) is 0.293. The first kappa shape index (κ1) is 26.1. The first-order valence-corrected chi connectivity index (χ1v) is 10.8. The number of phenolic OH excluding ortho intramolecular Hbond substituents is 2. The summed E-state index contributed by atoms with van der Waals surface area (Å²) in [5.41, 5.74) is 5.91. The van der Waals surface area contributed by atoms with Gasteiger partial charge in [0, 0.05) is 24.1 Å². The van der Waals surface area contributed by atoms with Crippen molar-refractivity contribution in [3.8, 4) is 34.3 Å². The smallest absolute Gasteiger partial charge is 0.323 e. The van der Waals surface area contributed by atoms with Crippen LogP contribution in [0.4, 0.5) is 0 Å². The van der Waals surface area contributed by atoms with Crippen LogP contribution in [0.25, 0.3) is 22.3 Å². The van der Waals surface area contributed by atoms with Gasteiger partial charge in [0.25, 0.3) is 0 Å². The SMILES string of the molecule is CC(N)(Cc1ccc(O)c(O)c1)C(=O)O.COc1cccc(-c2cc(=O)c3ccc(OC)cc3o2)c1. The van der Waals surface area contributed by atoms with E-state index >= 15 is 0 Å². The maximum absolute atomic E-state index is 12.2. The van der Waals surface area contributed by atoms with Gasteiger partial charge in [-0.15, -0.1) is 0 Å². The van der Waals surface area contributed by atoms with E-state index in [0.29, 0.717) is 33.8 Å². The number of phenols is 2. The predicted molar refractivity (Wildman–Crippen MR) is 135 cm³/mol. The van der Waals surface area contributed by atoms with Crippen molar-refractivity contribution in [3.05, 3.63) is 82.5 Å². The zero-order valence-corrected chi connectivity index (χ0v) is 20.0. The largest absolute Gasteiger partial charge is 0.504 e. The van der Waals surface area contributed by atoms with Gasteiger partial charge in [-0.05, 0) is 48.9 Å². The minimum Gasteiger partial charge on any atom is -0.504 e. The molecule has 0 saturated carbocycles. The summed E-state index contributed by atoms with van der Waals surface area (Å²) >= 11 is 0. The lowest BCUT2D eigenvalue weighted by Gasteiger charge is -2.19. The molecule has 1 heterocycles. The van der Waals surface area contributed by atoms with Crippen LogP contribution in [0.5, 0.6) is 23.0 Å². The molecule has 1 atom stereocenters. The molecule has 0 aliphatic rings. The molecule has 0 saturated heterocycles. The number of benzene rings is 3. The molecule has 0 bridgehead atoms. The molecular formula is C27H27NO8. The van der Waals surface area contributed by atoms with Crippen LogP contribution in [0.2, 0.25) is 0 Å². The fraction of sp³-hybridized carbons (Fsp3) is 0.185. The van der Waals surface area contributed by atoms with Crippen molar-refractivity contribution in [2.75, 3.05) is 14.2 Å². The summed E-state index contributed by atoms with van der Waals surface area (Å²) in [6, 6.07) is 18.1. The van der Waals surface area contributed by atoms with Gasteiger partial charge in [0.1, 0.15) is 28.4 Å². The van der Waals surface area contributed by atoms with Crippen molar-refractivity contribution in [2.45, 2.75) is 18.9 Å². The lowest BCUT2D eigenvalue weighted by molar-refractivity contribution is -0.142. The molecule has 9 heteroatoms. The summed E-state index contributed by atoms with van der Waals surface area (Å²) in [7, 11) is 3.17. The zero-order valence-electron chi connectivity index (χ0n) is 20.0. The van der Waals surface area contributed by atoms with Crippen LogP contribution in [0.3, 0.4) is 0 Å². The monoisotopic (exact) mass is 493 g/mol. The van der Waals surface area contributed by atoms with Gasteiger partial charge in [-0.3, -0.25) is 9.59 Å². The van der Waals surface area contributed by atoms with Gasteiger partial charge in [0.15, 0.2) is 16.9 Å². The second kappa shape index (κ2) is 10.8. The molecule has 0 radical (unpaired) electrons. The van der Waals surface area contributed by atoms with Crippen LogP contribution >= 0.6 is 0 Å². The van der Waals surface area contributed by atoms with Crippen LogP contribution in [0, 0.1) is 0 Å². The van der Waals surface area contributed by atoms with Gasteiger partial charge < -0.3 is 34.9 Å². The van der Waals surface area contributed by atoms with E-state index in [-0.39, 0.29) is 23.3 Å². The Hall–Kier alpha value is -4.50. The van der Waals surface area contributed by atoms with E-state index in [1.807, 2.05) is 24.3 Å². The Bertz CT molecular complexity index is 1440. The number of carboxylic acid groups (broad SMARTS) is 1. The molecule has 9 nitrogen and oxygen atoms in total. The van der Waals surface area contributed by atoms with E-state index in [1.54, 1.807) is 32.4 Å². The van der Waals surface area contributed by atoms with Gasteiger partial charge >= 0.3 is 5.97 Å². The minimum absolute atomic E-state index is 0.0795. The van der Waals surface area contributed by atoms with Crippen LogP contribution in [0.1, 0.15) is 12.5 Å². The Balaban J connectivity index is 0.000000214. The number of hydrogen-bond acceptors (Lipinski definition) is 8. The third-order valence-electron chi connectivity index (χ3n) is 5.39. The highest BCUT2D eigenvalue weighted by Crippen LogP contribution is 2.28. The number of carbonyl (C=O) groups is 1. The molecule has 3 aromatic carbocycles. The van der Waals surface area contributed by atoms with E-state index in [2.05, 4.69) is 0 Å². The average Bonchev–Trinajstić information content (AvgIpc) is 2.86. The highest BCUT2D eigenvalue weighted by atomic mass is 16.5. The zero-order chi connectivity index (χ0) is 26.5. The lowest BCUT2D eigenvalue weighted by Crippen LogP contribution is -2.46. The van der Waals surface area contributed by atoms with Crippen molar-refractivity contribution < 1.29 is 34.0 Å². The number of carboxylic acids is 1. The summed E-state index contributed by atoms with van der Waals surface area (Å²) in [6.45, 7) is 1.39. The third-order valence-corrected chi connectivity index (χ3v) is 5.39. The molecule has 0 aliphatic heterocycles. The maximum Gasteiger partial charge on any atom is 0.323 e. The number of aromatic hydroxyl groups is 2. The maximum atomic E-state index is 12.2. The van der Waals surface area contributed by atoms with Gasteiger partial charge in [-0.25, -0.2) is 0 Å². The Kier molecular flexibility index (Phi) is 7.86. The normalized spacial score (nSPS) is 12.2. The molecule has 4 rings (SSSR count). The fourth-order valence-electron chi connectivity index (χ4n) is 3.36. The Morgan fingerprint density at radius 1 is 0.944 bits per heavy atom. The molecule has 4 aromatic rings. The minimum atomic E-state index is -1.39. The molecule has 36 heavy (non-hydrogen) atoms. The molecule has 188 valence electrons. The standard InChI is InChI=1S/C17H14O4.C10H13NO4/c1-19-12-5-3-4-11(8-12)16-10-15(18)14-7-6-13(20-2)9-17(14)21-16;1-10(11,9(14)15)5-6-2-3-7(12)8(13)4-6/h3-10H,1-2H3;2-4,12-13H,5,11H2,1H3,(H,14,15). The van der Waals surface area contributed by atoms with Crippen molar-refractivity contribution in [1.29, 1.82) is 0 Å². The molecule has 0 fully saturated rings. The van der Waals surface area contributed by atoms with Crippen molar-refractivity contribution in [2.24, 2.45) is 5.73 Å². The summed E-state index contributed by atoms with van der Waals surface area (Å²) in [5, 5.41) is 27.6. The number of ether oxygens (including phenoxy) is 2. The molecule has 1 unspecified atom stereocenters. The number of fused-ring (bicyclic) bond motifs is 1. The molecule has 0 aliphatic carbocycles. The van der Waals surface area contributed by atoms with Gasteiger partial charge in [0.05, 0.1) is 19.6 Å². The molecular weight excluding hydrogens is 466 g/mol. The van der Waals surface area contributed by atoms with Crippen LogP contribution in [-0.2, 0) is 11.2 Å². The Morgan fingerprint density at radius 3 is 2.28 bits per heavy atom. The van der Waals surface area contributed by atoms with E-state index in [9.17, 15) is 14.7 Å². The topological polar surface area (TPSA) is 152 Å². The second-order valence-electron chi connectivity index (χ2n) is 8.29. The number of rotatable bonds is 6. The Morgan fingerprint density at radius 2 is 1.64 bits per heavy atom. The molecule has 1 aromatic heterocycles. The summed E-state index contributed by atoms with van der Waals surface area (Å²) in [6.07, 6.45) is 0.0795. The number of methoxy groups -OCH3 is 2. The van der Waals surface area contributed by atoms with E-state index < -0.39 is 11.5 Å². The van der Waals surface area contributed by atoms with E-state index in [0.717, 1.165) is 5.56 Å². The molecule has 5 N–H and O–H groups in total. The Labute approximate surface area is 207 Å². The highest BCUT2D eigenvalue weighted by Gasteiger charge is 2.28. The van der Waals surface area contributed by atoms with Gasteiger partial charge in [-0.1, -0.05) is 18.2 Å². The lowest BCUT2D eigenvalue weighted by atomic mass is 9.94. The first-order valence-electron chi connectivity index (χ1n) is 10.8. The molecule has 0 amide bonds. The van der Waals surface area contributed by atoms with Crippen molar-refractivity contribution in [1.82, 2.24) is 0 Å². The van der Waals surface area contributed by atoms with Crippen molar-refractivity contribution >= 4 is 16.9 Å². The van der Waals surface area contributed by atoms with Gasteiger partial charge in [0.2, 0.25) is 0 Å².